The van der Waals surface area contributed by atoms with Crippen LogP contribution in [0.15, 0.2) is 55.0 Å². The van der Waals surface area contributed by atoms with E-state index in [1.165, 1.54) is 5.56 Å². The third-order valence-electron chi connectivity index (χ3n) is 5.23. The Bertz CT molecular complexity index is 1190. The number of carbonyl (C=O) groups excluding carboxylic acids is 1. The van der Waals surface area contributed by atoms with Crippen LogP contribution in [0.5, 0.6) is 0 Å². The van der Waals surface area contributed by atoms with Crippen molar-refractivity contribution in [2.75, 3.05) is 18.9 Å². The van der Waals surface area contributed by atoms with Gasteiger partial charge in [-0.25, -0.2) is 9.97 Å². The molecule has 4 aromatic rings. The zero-order chi connectivity index (χ0) is 21.8. The van der Waals surface area contributed by atoms with Crippen molar-refractivity contribution in [3.8, 4) is 11.4 Å². The molecule has 158 valence electrons. The number of nitrogens with zero attached hydrogens (tertiary/aromatic N) is 6. The molecular weight excluding hydrogens is 390 g/mol. The fraction of sp³-hybridized carbons (Fsp3) is 0.261. The summed E-state index contributed by atoms with van der Waals surface area (Å²) < 4.78 is 2.08. The highest BCUT2D eigenvalue weighted by Crippen LogP contribution is 2.24. The van der Waals surface area contributed by atoms with Crippen LogP contribution in [-0.4, -0.2) is 48.9 Å². The van der Waals surface area contributed by atoms with Gasteiger partial charge in [0.15, 0.2) is 5.65 Å². The molecule has 0 aliphatic rings. The quantitative estimate of drug-likeness (QED) is 0.495. The number of amides is 1. The van der Waals surface area contributed by atoms with E-state index in [1.54, 1.807) is 30.4 Å². The molecule has 1 aromatic carbocycles. The summed E-state index contributed by atoms with van der Waals surface area (Å²) in [4.78, 5) is 31.0. The van der Waals surface area contributed by atoms with Gasteiger partial charge in [0, 0.05) is 50.7 Å². The molecule has 0 unspecified atom stereocenters. The lowest BCUT2D eigenvalue weighted by Gasteiger charge is -2.14. The van der Waals surface area contributed by atoms with Crippen LogP contribution in [0.3, 0.4) is 0 Å². The van der Waals surface area contributed by atoms with Crippen molar-refractivity contribution < 1.29 is 4.79 Å². The predicted octanol–water partition coefficient (Wildman–Crippen LogP) is 3.67. The van der Waals surface area contributed by atoms with E-state index in [0.717, 1.165) is 41.2 Å². The Morgan fingerprint density at radius 2 is 1.84 bits per heavy atom. The summed E-state index contributed by atoms with van der Waals surface area (Å²) in [5.41, 5.74) is 4.61. The Hall–Kier alpha value is -3.81. The molecule has 0 bridgehead atoms. The first-order chi connectivity index (χ1) is 15.0. The van der Waals surface area contributed by atoms with Crippen LogP contribution in [0.25, 0.3) is 22.6 Å². The van der Waals surface area contributed by atoms with Gasteiger partial charge in [0.2, 0.25) is 11.9 Å². The summed E-state index contributed by atoms with van der Waals surface area (Å²) in [6.07, 6.45) is 6.07. The highest BCUT2D eigenvalue weighted by molar-refractivity contribution is 5.78. The van der Waals surface area contributed by atoms with Crippen LogP contribution < -0.4 is 5.32 Å². The van der Waals surface area contributed by atoms with Gasteiger partial charge in [-0.1, -0.05) is 12.1 Å². The van der Waals surface area contributed by atoms with Crippen LogP contribution in [0.4, 0.5) is 11.6 Å². The molecule has 8 nitrogen and oxygen atoms in total. The molecule has 0 aliphatic carbocycles. The number of nitrogens with one attached hydrogen (secondary N) is 1. The lowest BCUT2D eigenvalue weighted by atomic mass is 10.1. The second-order valence-electron chi connectivity index (χ2n) is 7.33. The molecule has 0 fully saturated rings. The summed E-state index contributed by atoms with van der Waals surface area (Å²) in [7, 11) is 1.81. The molecule has 3 aromatic heterocycles. The Morgan fingerprint density at radius 1 is 1.10 bits per heavy atom. The third-order valence-corrected chi connectivity index (χ3v) is 5.23. The molecule has 0 saturated carbocycles. The minimum Gasteiger partial charge on any atom is -0.346 e. The van der Waals surface area contributed by atoms with E-state index in [4.69, 9.17) is 9.97 Å². The minimum atomic E-state index is 0.0734. The minimum absolute atomic E-state index is 0.0734. The largest absolute Gasteiger partial charge is 0.346 e. The van der Waals surface area contributed by atoms with Crippen LogP contribution in [0.2, 0.25) is 0 Å². The molecule has 3 heterocycles. The topological polar surface area (TPSA) is 88.8 Å². The van der Waals surface area contributed by atoms with E-state index in [-0.39, 0.29) is 5.91 Å². The first-order valence-electron chi connectivity index (χ1n) is 10.3. The fourth-order valence-electron chi connectivity index (χ4n) is 3.34. The van der Waals surface area contributed by atoms with Crippen LogP contribution in [0, 0.1) is 0 Å². The standard InChI is InChI=1S/C23H25N7O/c1-4-30-21(18-9-12-24-13-10-18)27-20-15-25-23(28-22(20)30)26-19-7-5-17(6-8-19)11-14-29(3)16(2)31/h5-10,12-13,15H,4,11,14H2,1-3H3,(H,25,26,28). The van der Waals surface area contributed by atoms with Gasteiger partial charge in [-0.3, -0.25) is 9.78 Å². The predicted molar refractivity (Wildman–Crippen MR) is 121 cm³/mol. The Kier molecular flexibility index (Phi) is 5.88. The average Bonchev–Trinajstić information content (AvgIpc) is 3.17. The number of aromatic nitrogens is 5. The van der Waals surface area contributed by atoms with Crippen LogP contribution in [0.1, 0.15) is 19.4 Å². The van der Waals surface area contributed by atoms with E-state index in [9.17, 15) is 4.79 Å². The maximum Gasteiger partial charge on any atom is 0.229 e. The Morgan fingerprint density at radius 3 is 2.52 bits per heavy atom. The first-order valence-corrected chi connectivity index (χ1v) is 10.3. The summed E-state index contributed by atoms with van der Waals surface area (Å²) in [6.45, 7) is 5.09. The molecule has 1 amide bonds. The van der Waals surface area contributed by atoms with Gasteiger partial charge in [-0.05, 0) is 43.2 Å². The molecule has 0 saturated heterocycles. The van der Waals surface area contributed by atoms with Gasteiger partial charge < -0.3 is 14.8 Å². The number of benzene rings is 1. The molecule has 8 heteroatoms. The normalized spacial score (nSPS) is 10.9. The number of fused-ring (bicyclic) bond motifs is 1. The molecular formula is C23H25N7O. The number of hydrogen-bond donors (Lipinski definition) is 1. The highest BCUT2D eigenvalue weighted by atomic mass is 16.2. The Labute approximate surface area is 181 Å². The van der Waals surface area contributed by atoms with Crippen molar-refractivity contribution >= 4 is 28.7 Å². The van der Waals surface area contributed by atoms with E-state index in [2.05, 4.69) is 26.8 Å². The van der Waals surface area contributed by atoms with E-state index in [0.29, 0.717) is 12.5 Å². The lowest BCUT2D eigenvalue weighted by Crippen LogP contribution is -2.26. The average molecular weight is 416 g/mol. The van der Waals surface area contributed by atoms with Crippen molar-refractivity contribution in [2.45, 2.75) is 26.8 Å². The molecule has 0 spiro atoms. The Balaban J connectivity index is 1.53. The van der Waals surface area contributed by atoms with E-state index >= 15 is 0 Å². The van der Waals surface area contributed by atoms with Gasteiger partial charge in [-0.15, -0.1) is 0 Å². The summed E-state index contributed by atoms with van der Waals surface area (Å²) in [6, 6.07) is 12.0. The SMILES string of the molecule is CCn1c(-c2ccncc2)nc2cnc(Nc3ccc(CCN(C)C(C)=O)cc3)nc21. The highest BCUT2D eigenvalue weighted by Gasteiger charge is 2.14. The number of carbonyl (C=O) groups is 1. The van der Waals surface area contributed by atoms with Crippen molar-refractivity contribution in [3.63, 3.8) is 0 Å². The number of anilines is 2. The van der Waals surface area contributed by atoms with Crippen molar-refractivity contribution in [1.29, 1.82) is 0 Å². The first kappa shape index (κ1) is 20.5. The van der Waals surface area contributed by atoms with Crippen molar-refractivity contribution in [2.24, 2.45) is 0 Å². The number of likely N-dealkylation sites (N-methyl/N-ethyl adjacent to an activating group) is 1. The summed E-state index contributed by atoms with van der Waals surface area (Å²) in [5, 5.41) is 3.27. The van der Waals surface area contributed by atoms with Gasteiger partial charge in [-0.2, -0.15) is 4.98 Å². The maximum atomic E-state index is 11.3. The molecule has 0 radical (unpaired) electrons. The second-order valence-corrected chi connectivity index (χ2v) is 7.33. The zero-order valence-electron chi connectivity index (χ0n) is 17.9. The van der Waals surface area contributed by atoms with Gasteiger partial charge in [0.25, 0.3) is 0 Å². The monoisotopic (exact) mass is 415 g/mol. The van der Waals surface area contributed by atoms with Gasteiger partial charge in [0.1, 0.15) is 11.3 Å². The third kappa shape index (κ3) is 4.53. The number of pyridine rings is 1. The van der Waals surface area contributed by atoms with E-state index < -0.39 is 0 Å². The summed E-state index contributed by atoms with van der Waals surface area (Å²) >= 11 is 0. The second kappa shape index (κ2) is 8.91. The maximum absolute atomic E-state index is 11.3. The smallest absolute Gasteiger partial charge is 0.229 e. The number of imidazole rings is 1. The zero-order valence-corrected chi connectivity index (χ0v) is 17.9. The molecule has 1 N–H and O–H groups in total. The van der Waals surface area contributed by atoms with Gasteiger partial charge >= 0.3 is 0 Å². The van der Waals surface area contributed by atoms with Gasteiger partial charge in [0.05, 0.1) is 6.20 Å². The molecule has 4 rings (SSSR count). The van der Waals surface area contributed by atoms with Crippen molar-refractivity contribution in [3.05, 3.63) is 60.6 Å². The number of hydrogen-bond acceptors (Lipinski definition) is 6. The number of aryl methyl sites for hydroxylation is 1. The molecule has 0 aliphatic heterocycles. The molecule has 0 atom stereocenters. The number of rotatable bonds is 7. The fourth-order valence-corrected chi connectivity index (χ4v) is 3.34. The summed E-state index contributed by atoms with van der Waals surface area (Å²) in [5.74, 6) is 1.45. The van der Waals surface area contributed by atoms with Crippen molar-refractivity contribution in [1.82, 2.24) is 29.4 Å². The van der Waals surface area contributed by atoms with E-state index in [1.807, 2.05) is 43.4 Å². The lowest BCUT2D eigenvalue weighted by molar-refractivity contribution is -0.127. The molecule has 31 heavy (non-hydrogen) atoms. The van der Waals surface area contributed by atoms with Crippen LogP contribution in [-0.2, 0) is 17.8 Å². The van der Waals surface area contributed by atoms with Crippen LogP contribution >= 0.6 is 0 Å².